The summed E-state index contributed by atoms with van der Waals surface area (Å²) in [6, 6.07) is 1.79. The van der Waals surface area contributed by atoms with Gasteiger partial charge in [-0.3, -0.25) is 4.79 Å². The van der Waals surface area contributed by atoms with Gasteiger partial charge in [0.1, 0.15) is 0 Å². The number of aryl methyl sites for hydroxylation is 1. The van der Waals surface area contributed by atoms with Crippen LogP contribution < -0.4 is 11.1 Å². The van der Waals surface area contributed by atoms with Crippen molar-refractivity contribution < 1.29 is 4.79 Å². The SMILES string of the molecule is CC(CN)CNC(=O)c1ccn(C)c1. The molecule has 1 aromatic rings. The van der Waals surface area contributed by atoms with Gasteiger partial charge in [0.05, 0.1) is 5.56 Å². The minimum Gasteiger partial charge on any atom is -0.356 e. The molecular formula is C10H17N3O. The van der Waals surface area contributed by atoms with E-state index in [9.17, 15) is 4.79 Å². The normalized spacial score (nSPS) is 12.5. The number of amides is 1. The van der Waals surface area contributed by atoms with E-state index in [0.29, 0.717) is 24.6 Å². The second kappa shape index (κ2) is 4.81. The summed E-state index contributed by atoms with van der Waals surface area (Å²) in [6.07, 6.45) is 3.64. The van der Waals surface area contributed by atoms with Gasteiger partial charge in [-0.1, -0.05) is 6.92 Å². The van der Waals surface area contributed by atoms with Crippen LogP contribution in [-0.4, -0.2) is 23.6 Å². The van der Waals surface area contributed by atoms with E-state index in [-0.39, 0.29) is 5.91 Å². The van der Waals surface area contributed by atoms with Crippen molar-refractivity contribution >= 4 is 5.91 Å². The molecule has 0 saturated heterocycles. The predicted octanol–water partition coefficient (Wildman–Crippen LogP) is 0.350. The Morgan fingerprint density at radius 1 is 1.71 bits per heavy atom. The zero-order valence-electron chi connectivity index (χ0n) is 8.66. The van der Waals surface area contributed by atoms with Crippen molar-refractivity contribution in [3.63, 3.8) is 0 Å². The molecule has 1 rings (SSSR count). The van der Waals surface area contributed by atoms with Gasteiger partial charge in [0.15, 0.2) is 0 Å². The molecule has 0 aromatic carbocycles. The number of rotatable bonds is 4. The van der Waals surface area contributed by atoms with Crippen LogP contribution in [0.2, 0.25) is 0 Å². The molecule has 1 aromatic heterocycles. The van der Waals surface area contributed by atoms with Gasteiger partial charge in [-0.05, 0) is 18.5 Å². The van der Waals surface area contributed by atoms with Crippen molar-refractivity contribution in [3.8, 4) is 0 Å². The van der Waals surface area contributed by atoms with E-state index in [1.807, 2.05) is 24.7 Å². The number of hydrogen-bond donors (Lipinski definition) is 2. The monoisotopic (exact) mass is 195 g/mol. The Labute approximate surface area is 84.1 Å². The number of aromatic nitrogens is 1. The molecule has 0 aliphatic carbocycles. The molecule has 14 heavy (non-hydrogen) atoms. The summed E-state index contributed by atoms with van der Waals surface area (Å²) in [5.41, 5.74) is 6.14. The molecule has 0 aliphatic heterocycles. The van der Waals surface area contributed by atoms with E-state index in [1.54, 1.807) is 12.3 Å². The van der Waals surface area contributed by atoms with E-state index in [4.69, 9.17) is 5.73 Å². The zero-order chi connectivity index (χ0) is 10.6. The van der Waals surface area contributed by atoms with Gasteiger partial charge in [0, 0.05) is 26.0 Å². The molecule has 1 atom stereocenters. The van der Waals surface area contributed by atoms with E-state index >= 15 is 0 Å². The van der Waals surface area contributed by atoms with Crippen LogP contribution in [0.3, 0.4) is 0 Å². The lowest BCUT2D eigenvalue weighted by atomic mass is 10.2. The van der Waals surface area contributed by atoms with Gasteiger partial charge in [0.25, 0.3) is 5.91 Å². The van der Waals surface area contributed by atoms with Gasteiger partial charge in [-0.15, -0.1) is 0 Å². The van der Waals surface area contributed by atoms with Crippen molar-refractivity contribution in [2.75, 3.05) is 13.1 Å². The highest BCUT2D eigenvalue weighted by Crippen LogP contribution is 1.99. The largest absolute Gasteiger partial charge is 0.356 e. The van der Waals surface area contributed by atoms with Crippen LogP contribution in [0.4, 0.5) is 0 Å². The maximum absolute atomic E-state index is 11.5. The molecule has 0 aliphatic rings. The number of nitrogens with zero attached hydrogens (tertiary/aromatic N) is 1. The number of carbonyl (C=O) groups is 1. The van der Waals surface area contributed by atoms with E-state index in [0.717, 1.165) is 0 Å². The Bertz CT molecular complexity index is 306. The fourth-order valence-corrected chi connectivity index (χ4v) is 1.09. The summed E-state index contributed by atoms with van der Waals surface area (Å²) >= 11 is 0. The highest BCUT2D eigenvalue weighted by molar-refractivity contribution is 5.93. The molecule has 0 spiro atoms. The number of nitrogens with one attached hydrogen (secondary N) is 1. The zero-order valence-corrected chi connectivity index (χ0v) is 8.66. The van der Waals surface area contributed by atoms with Crippen molar-refractivity contribution in [2.24, 2.45) is 18.7 Å². The van der Waals surface area contributed by atoms with Crippen LogP contribution >= 0.6 is 0 Å². The lowest BCUT2D eigenvalue weighted by molar-refractivity contribution is 0.0948. The Morgan fingerprint density at radius 2 is 2.43 bits per heavy atom. The molecule has 1 amide bonds. The first-order chi connectivity index (χ1) is 6.63. The first-order valence-electron chi connectivity index (χ1n) is 4.73. The number of hydrogen-bond acceptors (Lipinski definition) is 2. The second-order valence-corrected chi connectivity index (χ2v) is 3.62. The quantitative estimate of drug-likeness (QED) is 0.728. The van der Waals surface area contributed by atoms with Crippen LogP contribution in [-0.2, 0) is 7.05 Å². The maximum atomic E-state index is 11.5. The summed E-state index contributed by atoms with van der Waals surface area (Å²) in [4.78, 5) is 11.5. The Kier molecular flexibility index (Phi) is 3.71. The summed E-state index contributed by atoms with van der Waals surface area (Å²) in [6.45, 7) is 3.23. The molecule has 0 fully saturated rings. The van der Waals surface area contributed by atoms with Crippen molar-refractivity contribution in [2.45, 2.75) is 6.92 Å². The Balaban J connectivity index is 2.43. The molecule has 3 N–H and O–H groups in total. The first kappa shape index (κ1) is 10.8. The third-order valence-electron chi connectivity index (χ3n) is 2.11. The van der Waals surface area contributed by atoms with Gasteiger partial charge in [-0.25, -0.2) is 0 Å². The second-order valence-electron chi connectivity index (χ2n) is 3.62. The standard InChI is InChI=1S/C10H17N3O/c1-8(5-11)6-12-10(14)9-3-4-13(2)7-9/h3-4,7-8H,5-6,11H2,1-2H3,(H,12,14). The fourth-order valence-electron chi connectivity index (χ4n) is 1.09. The average molecular weight is 195 g/mol. The predicted molar refractivity (Wildman–Crippen MR) is 56.0 cm³/mol. The summed E-state index contributed by atoms with van der Waals surface area (Å²) in [5, 5.41) is 2.83. The van der Waals surface area contributed by atoms with Crippen molar-refractivity contribution in [3.05, 3.63) is 24.0 Å². The van der Waals surface area contributed by atoms with Gasteiger partial charge in [-0.2, -0.15) is 0 Å². The van der Waals surface area contributed by atoms with Gasteiger partial charge >= 0.3 is 0 Å². The Morgan fingerprint density at radius 3 is 2.93 bits per heavy atom. The molecule has 0 radical (unpaired) electrons. The van der Waals surface area contributed by atoms with E-state index in [2.05, 4.69) is 5.32 Å². The molecule has 0 saturated carbocycles. The topological polar surface area (TPSA) is 60.0 Å². The highest BCUT2D eigenvalue weighted by atomic mass is 16.1. The van der Waals surface area contributed by atoms with Gasteiger partial charge < -0.3 is 15.6 Å². The van der Waals surface area contributed by atoms with Crippen LogP contribution in [0.25, 0.3) is 0 Å². The molecule has 4 nitrogen and oxygen atoms in total. The number of carbonyl (C=O) groups excluding carboxylic acids is 1. The summed E-state index contributed by atoms with van der Waals surface area (Å²) in [5.74, 6) is 0.286. The number of nitrogens with two attached hydrogens (primary N) is 1. The fraction of sp³-hybridized carbons (Fsp3) is 0.500. The lowest BCUT2D eigenvalue weighted by Crippen LogP contribution is -2.31. The van der Waals surface area contributed by atoms with E-state index < -0.39 is 0 Å². The maximum Gasteiger partial charge on any atom is 0.252 e. The lowest BCUT2D eigenvalue weighted by Gasteiger charge is -2.08. The minimum atomic E-state index is -0.0362. The minimum absolute atomic E-state index is 0.0362. The van der Waals surface area contributed by atoms with Crippen molar-refractivity contribution in [1.82, 2.24) is 9.88 Å². The molecule has 4 heteroatoms. The molecule has 1 heterocycles. The molecule has 78 valence electrons. The van der Waals surface area contributed by atoms with Crippen LogP contribution in [0, 0.1) is 5.92 Å². The summed E-state index contributed by atoms with van der Waals surface area (Å²) < 4.78 is 1.85. The summed E-state index contributed by atoms with van der Waals surface area (Å²) in [7, 11) is 1.89. The Hall–Kier alpha value is -1.29. The molecule has 0 bridgehead atoms. The van der Waals surface area contributed by atoms with Crippen LogP contribution in [0.1, 0.15) is 17.3 Å². The highest BCUT2D eigenvalue weighted by Gasteiger charge is 2.07. The van der Waals surface area contributed by atoms with Crippen LogP contribution in [0.5, 0.6) is 0 Å². The third-order valence-corrected chi connectivity index (χ3v) is 2.11. The van der Waals surface area contributed by atoms with Gasteiger partial charge in [0.2, 0.25) is 0 Å². The average Bonchev–Trinajstić information content (AvgIpc) is 2.60. The third kappa shape index (κ3) is 2.88. The molecule has 1 unspecified atom stereocenters. The first-order valence-corrected chi connectivity index (χ1v) is 4.73. The van der Waals surface area contributed by atoms with Crippen LogP contribution in [0.15, 0.2) is 18.5 Å². The van der Waals surface area contributed by atoms with Crippen molar-refractivity contribution in [1.29, 1.82) is 0 Å². The molecular weight excluding hydrogens is 178 g/mol. The smallest absolute Gasteiger partial charge is 0.252 e. The van der Waals surface area contributed by atoms with E-state index in [1.165, 1.54) is 0 Å².